The fourth-order valence-electron chi connectivity index (χ4n) is 9.02. The van der Waals surface area contributed by atoms with Crippen molar-refractivity contribution in [3.05, 3.63) is 95.2 Å². The highest BCUT2D eigenvalue weighted by Gasteiger charge is 2.64. The van der Waals surface area contributed by atoms with Crippen LogP contribution < -0.4 is 24.8 Å². The third-order valence-corrected chi connectivity index (χ3v) is 11.7. The Labute approximate surface area is 342 Å². The fraction of sp³-hybridized carbons (Fsp3) is 0.422. The number of benzene rings is 3. The van der Waals surface area contributed by atoms with Crippen LogP contribution in [0.2, 0.25) is 0 Å². The minimum absolute atomic E-state index is 0.0878. The first-order valence-electron chi connectivity index (χ1n) is 19.9. The molecule has 1 aliphatic carbocycles. The van der Waals surface area contributed by atoms with Crippen molar-refractivity contribution in [1.29, 1.82) is 5.26 Å². The standard InChI is InChI=1S/C45H49N5O9/c1-43(2)41(44(3,4)42(43)59-35-18-12-28(26-46)37-31(35)9-6-20-47-37)49-38(52)27-10-13-29(14-11-27)57-23-7-21-56-22-8-24-58-30-15-16-33-32(25-30)40(54)50(45(33,5)55)34-17-19-36(51)48-39(34)53/h6,9-16,18,20,25,34,41-42,55H,7-8,17,19,21-24H2,1-5H3,(H,49,52)(H,48,51,53). The molecule has 4 amide bonds. The van der Waals surface area contributed by atoms with Crippen molar-refractivity contribution >= 4 is 34.5 Å². The number of piperidine rings is 1. The molecule has 3 N–H and O–H groups in total. The number of amides is 4. The van der Waals surface area contributed by atoms with Crippen LogP contribution in [0.15, 0.2) is 72.9 Å². The molecular weight excluding hydrogens is 755 g/mol. The average molecular weight is 804 g/mol. The zero-order valence-electron chi connectivity index (χ0n) is 33.9. The van der Waals surface area contributed by atoms with Crippen molar-refractivity contribution in [2.75, 3.05) is 26.4 Å². The number of aromatic nitrogens is 1. The minimum atomic E-state index is -1.71. The topological polar surface area (TPSA) is 189 Å². The van der Waals surface area contributed by atoms with Gasteiger partial charge in [0, 0.05) is 72.1 Å². The van der Waals surface area contributed by atoms with Crippen LogP contribution in [-0.2, 0) is 20.1 Å². The SMILES string of the molecule is CC1(C)C(NC(=O)c2ccc(OCCCOCCCOc3ccc4c(c3)C(=O)N(C3CCC(=O)NC3=O)C4(C)O)cc2)C(C)(C)C1Oc1ccc(C#N)c2ncccc12. The summed E-state index contributed by atoms with van der Waals surface area (Å²) >= 11 is 0. The molecule has 1 aromatic heterocycles. The molecule has 7 rings (SSSR count). The number of fused-ring (bicyclic) bond motifs is 2. The molecule has 4 aromatic rings. The number of carbonyl (C=O) groups is 4. The first-order chi connectivity index (χ1) is 28.1. The minimum Gasteiger partial charge on any atom is -0.494 e. The summed E-state index contributed by atoms with van der Waals surface area (Å²) < 4.78 is 24.1. The number of rotatable bonds is 15. The lowest BCUT2D eigenvalue weighted by Gasteiger charge is -2.63. The van der Waals surface area contributed by atoms with Gasteiger partial charge in [-0.1, -0.05) is 27.7 Å². The maximum Gasteiger partial charge on any atom is 0.257 e. The summed E-state index contributed by atoms with van der Waals surface area (Å²) in [6.45, 7) is 11.5. The van der Waals surface area contributed by atoms with Crippen LogP contribution in [0.3, 0.4) is 0 Å². The molecule has 1 saturated carbocycles. The van der Waals surface area contributed by atoms with Crippen molar-refractivity contribution in [2.45, 2.75) is 84.2 Å². The van der Waals surface area contributed by atoms with Gasteiger partial charge in [0.25, 0.3) is 11.8 Å². The summed E-state index contributed by atoms with van der Waals surface area (Å²) in [7, 11) is 0. The van der Waals surface area contributed by atoms with E-state index in [-0.39, 0.29) is 36.5 Å². The second-order valence-corrected chi connectivity index (χ2v) is 16.6. The van der Waals surface area contributed by atoms with E-state index < -0.39 is 40.3 Å². The molecule has 14 nitrogen and oxygen atoms in total. The summed E-state index contributed by atoms with van der Waals surface area (Å²) in [6.07, 6.45) is 2.94. The first-order valence-corrected chi connectivity index (χ1v) is 19.9. The van der Waals surface area contributed by atoms with Crippen LogP contribution >= 0.6 is 0 Å². The number of imide groups is 1. The van der Waals surface area contributed by atoms with Gasteiger partial charge in [-0.25, -0.2) is 0 Å². The maximum atomic E-state index is 13.4. The molecule has 2 unspecified atom stereocenters. The first kappa shape index (κ1) is 41.1. The third kappa shape index (κ3) is 7.92. The van der Waals surface area contributed by atoms with Crippen molar-refractivity contribution in [1.82, 2.24) is 20.5 Å². The maximum absolute atomic E-state index is 13.4. The van der Waals surface area contributed by atoms with E-state index in [4.69, 9.17) is 18.9 Å². The van der Waals surface area contributed by atoms with E-state index in [2.05, 4.69) is 49.4 Å². The van der Waals surface area contributed by atoms with Crippen LogP contribution in [0.25, 0.3) is 10.9 Å². The molecule has 0 spiro atoms. The van der Waals surface area contributed by atoms with Crippen molar-refractivity contribution in [3.8, 4) is 23.3 Å². The number of ether oxygens (including phenoxy) is 4. The van der Waals surface area contributed by atoms with Crippen LogP contribution in [0, 0.1) is 22.2 Å². The van der Waals surface area contributed by atoms with E-state index in [9.17, 15) is 29.5 Å². The lowest BCUT2D eigenvalue weighted by Crippen LogP contribution is -2.74. The zero-order valence-corrected chi connectivity index (χ0v) is 33.9. The zero-order chi connectivity index (χ0) is 42.1. The molecule has 2 fully saturated rings. The van der Waals surface area contributed by atoms with Gasteiger partial charge in [0.05, 0.1) is 29.9 Å². The van der Waals surface area contributed by atoms with Crippen LogP contribution in [0.1, 0.15) is 92.1 Å². The summed E-state index contributed by atoms with van der Waals surface area (Å²) in [5.41, 5.74) is -0.246. The molecule has 1 saturated heterocycles. The number of pyridine rings is 1. The lowest BCUT2D eigenvalue weighted by atomic mass is 9.49. The van der Waals surface area contributed by atoms with E-state index in [1.165, 1.54) is 6.92 Å². The Morgan fingerprint density at radius 3 is 2.29 bits per heavy atom. The molecule has 308 valence electrons. The van der Waals surface area contributed by atoms with Gasteiger partial charge in [0.15, 0.2) is 5.72 Å². The monoisotopic (exact) mass is 803 g/mol. The second-order valence-electron chi connectivity index (χ2n) is 16.6. The van der Waals surface area contributed by atoms with Gasteiger partial charge in [-0.3, -0.25) is 34.4 Å². The molecule has 0 radical (unpaired) electrons. The number of nitrogens with zero attached hydrogens (tertiary/aromatic N) is 3. The van der Waals surface area contributed by atoms with E-state index in [0.717, 1.165) is 10.3 Å². The van der Waals surface area contributed by atoms with E-state index in [1.807, 2.05) is 18.2 Å². The Morgan fingerprint density at radius 2 is 1.61 bits per heavy atom. The highest BCUT2D eigenvalue weighted by atomic mass is 16.5. The van der Waals surface area contributed by atoms with Gasteiger partial charge < -0.3 is 29.4 Å². The molecular formula is C45H49N5O9. The Bertz CT molecular complexity index is 2300. The van der Waals surface area contributed by atoms with Gasteiger partial charge in [-0.2, -0.15) is 5.26 Å². The number of nitriles is 1. The number of hydrogen-bond acceptors (Lipinski definition) is 11. The fourth-order valence-corrected chi connectivity index (χ4v) is 9.02. The van der Waals surface area contributed by atoms with Gasteiger partial charge in [0.2, 0.25) is 11.8 Å². The number of carbonyl (C=O) groups excluding carboxylic acids is 4. The molecule has 59 heavy (non-hydrogen) atoms. The number of aliphatic hydroxyl groups is 1. The Morgan fingerprint density at radius 1 is 0.932 bits per heavy atom. The lowest BCUT2D eigenvalue weighted by molar-refractivity contribution is -0.163. The van der Waals surface area contributed by atoms with Crippen molar-refractivity contribution in [3.63, 3.8) is 0 Å². The van der Waals surface area contributed by atoms with Gasteiger partial charge in [0.1, 0.15) is 35.5 Å². The predicted octanol–water partition coefficient (Wildman–Crippen LogP) is 5.40. The van der Waals surface area contributed by atoms with Crippen LogP contribution in [-0.4, -0.2) is 83.2 Å². The summed E-state index contributed by atoms with van der Waals surface area (Å²) in [5.74, 6) is 0.0822. The van der Waals surface area contributed by atoms with E-state index in [1.54, 1.807) is 54.7 Å². The highest BCUT2D eigenvalue weighted by molar-refractivity contribution is 6.06. The van der Waals surface area contributed by atoms with E-state index in [0.29, 0.717) is 78.7 Å². The van der Waals surface area contributed by atoms with Crippen molar-refractivity contribution < 1.29 is 43.2 Å². The van der Waals surface area contributed by atoms with Crippen LogP contribution in [0.5, 0.6) is 17.2 Å². The highest BCUT2D eigenvalue weighted by Crippen LogP contribution is 2.56. The summed E-state index contributed by atoms with van der Waals surface area (Å²) in [6, 6.07) is 20.3. The molecule has 3 aliphatic rings. The number of hydrogen-bond donors (Lipinski definition) is 3. The summed E-state index contributed by atoms with van der Waals surface area (Å²) in [4.78, 5) is 56.3. The Balaban J connectivity index is 0.807. The molecule has 0 bridgehead atoms. The summed E-state index contributed by atoms with van der Waals surface area (Å²) in [5, 5.41) is 27.0. The molecule has 3 heterocycles. The molecule has 3 aromatic carbocycles. The Hall–Kier alpha value is -6.04. The van der Waals surface area contributed by atoms with Gasteiger partial charge in [-0.15, -0.1) is 0 Å². The molecule has 2 atom stereocenters. The van der Waals surface area contributed by atoms with E-state index >= 15 is 0 Å². The number of nitrogens with one attached hydrogen (secondary N) is 2. The largest absolute Gasteiger partial charge is 0.494 e. The average Bonchev–Trinajstić information content (AvgIpc) is 3.41. The molecule has 2 aliphatic heterocycles. The predicted molar refractivity (Wildman–Crippen MR) is 216 cm³/mol. The van der Waals surface area contributed by atoms with Crippen molar-refractivity contribution in [2.24, 2.45) is 10.8 Å². The second kappa shape index (κ2) is 16.3. The smallest absolute Gasteiger partial charge is 0.257 e. The molecule has 14 heteroatoms. The Kier molecular flexibility index (Phi) is 11.4. The van der Waals surface area contributed by atoms with Gasteiger partial charge in [-0.05, 0) is 80.1 Å². The third-order valence-electron chi connectivity index (χ3n) is 11.7. The van der Waals surface area contributed by atoms with Crippen LogP contribution in [0.4, 0.5) is 0 Å². The quantitative estimate of drug-likeness (QED) is 0.103. The van der Waals surface area contributed by atoms with Gasteiger partial charge >= 0.3 is 0 Å². The normalized spacial score (nSPS) is 22.8.